The van der Waals surface area contributed by atoms with E-state index in [1.54, 1.807) is 7.05 Å². The van der Waals surface area contributed by atoms with Gasteiger partial charge in [0.25, 0.3) is 0 Å². The molecular formula is C9H12ClNO. The maximum atomic E-state index is 9.46. The Morgan fingerprint density at radius 2 is 2.17 bits per heavy atom. The van der Waals surface area contributed by atoms with Crippen molar-refractivity contribution in [1.29, 1.82) is 0 Å². The molecule has 0 unspecified atom stereocenters. The summed E-state index contributed by atoms with van der Waals surface area (Å²) in [5.41, 5.74) is 1.80. The number of benzene rings is 1. The van der Waals surface area contributed by atoms with Crippen molar-refractivity contribution in [1.82, 2.24) is 0 Å². The third-order valence-electron chi connectivity index (χ3n) is 1.79. The lowest BCUT2D eigenvalue weighted by molar-refractivity contribution is 0.477. The van der Waals surface area contributed by atoms with E-state index in [1.807, 2.05) is 13.0 Å². The second-order valence-electron chi connectivity index (χ2n) is 2.56. The predicted octanol–water partition coefficient (Wildman–Crippen LogP) is 2.65. The number of anilines is 1. The van der Waals surface area contributed by atoms with E-state index in [2.05, 4.69) is 5.32 Å². The molecule has 1 aromatic rings. The van der Waals surface area contributed by atoms with Gasteiger partial charge in [-0.05, 0) is 18.1 Å². The molecule has 12 heavy (non-hydrogen) atoms. The van der Waals surface area contributed by atoms with E-state index in [-0.39, 0.29) is 5.75 Å². The van der Waals surface area contributed by atoms with Crippen LogP contribution < -0.4 is 5.32 Å². The van der Waals surface area contributed by atoms with Gasteiger partial charge in [-0.3, -0.25) is 0 Å². The Kier molecular flexibility index (Phi) is 2.82. The van der Waals surface area contributed by atoms with Crippen LogP contribution in [-0.4, -0.2) is 12.2 Å². The summed E-state index contributed by atoms with van der Waals surface area (Å²) >= 11 is 5.77. The molecule has 0 aliphatic rings. The molecule has 2 N–H and O–H groups in total. The zero-order chi connectivity index (χ0) is 9.14. The fourth-order valence-electron chi connectivity index (χ4n) is 1.22. The minimum Gasteiger partial charge on any atom is -0.506 e. The molecule has 0 saturated heterocycles. The van der Waals surface area contributed by atoms with Gasteiger partial charge in [0.15, 0.2) is 0 Å². The maximum Gasteiger partial charge on any atom is 0.140 e. The SMILES string of the molecule is CCc1cc(Cl)cc(O)c1NC. The second-order valence-corrected chi connectivity index (χ2v) is 3.00. The van der Waals surface area contributed by atoms with E-state index < -0.39 is 0 Å². The van der Waals surface area contributed by atoms with Crippen LogP contribution >= 0.6 is 11.6 Å². The Bertz CT molecular complexity index is 286. The van der Waals surface area contributed by atoms with Gasteiger partial charge >= 0.3 is 0 Å². The van der Waals surface area contributed by atoms with Crippen LogP contribution in [0.2, 0.25) is 5.02 Å². The van der Waals surface area contributed by atoms with Crippen LogP contribution in [0.25, 0.3) is 0 Å². The Labute approximate surface area is 77.2 Å². The summed E-state index contributed by atoms with van der Waals surface area (Å²) in [7, 11) is 1.78. The minimum atomic E-state index is 0.210. The first-order chi connectivity index (χ1) is 5.69. The highest BCUT2D eigenvalue weighted by molar-refractivity contribution is 6.30. The van der Waals surface area contributed by atoms with Crippen molar-refractivity contribution in [2.75, 3.05) is 12.4 Å². The number of rotatable bonds is 2. The molecule has 2 nitrogen and oxygen atoms in total. The fraction of sp³-hybridized carbons (Fsp3) is 0.333. The Balaban J connectivity index is 3.24. The number of phenolic OH excluding ortho intramolecular Hbond substituents is 1. The zero-order valence-corrected chi connectivity index (χ0v) is 7.94. The van der Waals surface area contributed by atoms with Crippen molar-refractivity contribution < 1.29 is 5.11 Å². The molecule has 0 aliphatic carbocycles. The van der Waals surface area contributed by atoms with Gasteiger partial charge in [-0.25, -0.2) is 0 Å². The average molecular weight is 186 g/mol. The third-order valence-corrected chi connectivity index (χ3v) is 2.01. The monoisotopic (exact) mass is 185 g/mol. The summed E-state index contributed by atoms with van der Waals surface area (Å²) in [6, 6.07) is 3.39. The molecule has 0 saturated carbocycles. The van der Waals surface area contributed by atoms with Crippen LogP contribution in [0.1, 0.15) is 12.5 Å². The van der Waals surface area contributed by atoms with Gasteiger partial charge in [-0.15, -0.1) is 0 Å². The summed E-state index contributed by atoms with van der Waals surface area (Å²) in [6.45, 7) is 2.02. The van der Waals surface area contributed by atoms with E-state index in [0.717, 1.165) is 17.7 Å². The number of nitrogens with one attached hydrogen (secondary N) is 1. The van der Waals surface area contributed by atoms with Crippen LogP contribution in [0.3, 0.4) is 0 Å². The molecule has 0 heterocycles. The van der Waals surface area contributed by atoms with E-state index in [9.17, 15) is 5.11 Å². The first kappa shape index (κ1) is 9.20. The number of aromatic hydroxyl groups is 1. The number of halogens is 1. The molecule has 0 radical (unpaired) electrons. The lowest BCUT2D eigenvalue weighted by Gasteiger charge is -2.09. The Hall–Kier alpha value is -0.890. The minimum absolute atomic E-state index is 0.210. The highest BCUT2D eigenvalue weighted by Crippen LogP contribution is 2.31. The lowest BCUT2D eigenvalue weighted by atomic mass is 10.1. The van der Waals surface area contributed by atoms with Gasteiger partial charge in [0, 0.05) is 18.1 Å². The van der Waals surface area contributed by atoms with Crippen molar-refractivity contribution >= 4 is 17.3 Å². The molecule has 0 amide bonds. The summed E-state index contributed by atoms with van der Waals surface area (Å²) in [5, 5.41) is 13.0. The Morgan fingerprint density at radius 3 is 2.67 bits per heavy atom. The molecule has 66 valence electrons. The van der Waals surface area contributed by atoms with E-state index in [1.165, 1.54) is 6.07 Å². The van der Waals surface area contributed by atoms with Crippen LogP contribution in [0.4, 0.5) is 5.69 Å². The number of phenols is 1. The highest BCUT2D eigenvalue weighted by Gasteiger charge is 2.05. The smallest absolute Gasteiger partial charge is 0.140 e. The topological polar surface area (TPSA) is 32.3 Å². The molecule has 3 heteroatoms. The lowest BCUT2D eigenvalue weighted by Crippen LogP contribution is -1.94. The summed E-state index contributed by atoms with van der Waals surface area (Å²) in [5.74, 6) is 0.210. The standard InChI is InChI=1S/C9H12ClNO/c1-3-6-4-7(10)5-8(12)9(6)11-2/h4-5,11-12H,3H2,1-2H3. The second kappa shape index (κ2) is 3.68. The summed E-state index contributed by atoms with van der Waals surface area (Å²) < 4.78 is 0. The van der Waals surface area contributed by atoms with Crippen molar-refractivity contribution in [3.05, 3.63) is 22.7 Å². The molecule has 1 aromatic carbocycles. The summed E-state index contributed by atoms with van der Waals surface area (Å²) in [4.78, 5) is 0. The van der Waals surface area contributed by atoms with Crippen LogP contribution in [0.5, 0.6) is 5.75 Å². The largest absolute Gasteiger partial charge is 0.506 e. The van der Waals surface area contributed by atoms with Crippen molar-refractivity contribution in [3.8, 4) is 5.75 Å². The molecule has 0 fully saturated rings. The third kappa shape index (κ3) is 1.64. The quantitative estimate of drug-likeness (QED) is 0.695. The zero-order valence-electron chi connectivity index (χ0n) is 7.19. The first-order valence-corrected chi connectivity index (χ1v) is 4.26. The fourth-order valence-corrected chi connectivity index (χ4v) is 1.45. The number of hydrogen-bond acceptors (Lipinski definition) is 2. The van der Waals surface area contributed by atoms with Gasteiger partial charge < -0.3 is 10.4 Å². The average Bonchev–Trinajstić information content (AvgIpc) is 2.03. The van der Waals surface area contributed by atoms with Crippen LogP contribution in [0, 0.1) is 0 Å². The number of aryl methyl sites for hydroxylation is 1. The van der Waals surface area contributed by atoms with E-state index in [0.29, 0.717) is 5.02 Å². The van der Waals surface area contributed by atoms with Gasteiger partial charge in [-0.2, -0.15) is 0 Å². The molecule has 1 rings (SSSR count). The van der Waals surface area contributed by atoms with Crippen LogP contribution in [-0.2, 0) is 6.42 Å². The van der Waals surface area contributed by atoms with Crippen molar-refractivity contribution in [3.63, 3.8) is 0 Å². The van der Waals surface area contributed by atoms with Crippen LogP contribution in [0.15, 0.2) is 12.1 Å². The van der Waals surface area contributed by atoms with Gasteiger partial charge in [0.05, 0.1) is 5.69 Å². The normalized spacial score (nSPS) is 9.92. The van der Waals surface area contributed by atoms with Gasteiger partial charge in [-0.1, -0.05) is 18.5 Å². The molecular weight excluding hydrogens is 174 g/mol. The predicted molar refractivity (Wildman–Crippen MR) is 52.0 cm³/mol. The molecule has 0 atom stereocenters. The van der Waals surface area contributed by atoms with E-state index in [4.69, 9.17) is 11.6 Å². The maximum absolute atomic E-state index is 9.46. The van der Waals surface area contributed by atoms with Crippen molar-refractivity contribution in [2.45, 2.75) is 13.3 Å². The first-order valence-electron chi connectivity index (χ1n) is 3.88. The van der Waals surface area contributed by atoms with E-state index >= 15 is 0 Å². The van der Waals surface area contributed by atoms with Crippen molar-refractivity contribution in [2.24, 2.45) is 0 Å². The molecule has 0 aromatic heterocycles. The molecule has 0 bridgehead atoms. The molecule has 0 spiro atoms. The van der Waals surface area contributed by atoms with Gasteiger partial charge in [0.2, 0.25) is 0 Å². The van der Waals surface area contributed by atoms with Gasteiger partial charge in [0.1, 0.15) is 5.75 Å². The number of hydrogen-bond donors (Lipinski definition) is 2. The summed E-state index contributed by atoms with van der Waals surface area (Å²) in [6.07, 6.45) is 0.851. The highest BCUT2D eigenvalue weighted by atomic mass is 35.5. The molecule has 0 aliphatic heterocycles. The Morgan fingerprint density at radius 1 is 1.50 bits per heavy atom.